The zero-order valence-electron chi connectivity index (χ0n) is 19.0. The van der Waals surface area contributed by atoms with Crippen LogP contribution in [-0.4, -0.2) is 74.8 Å². The third kappa shape index (κ3) is 4.45. The average Bonchev–Trinajstić information content (AvgIpc) is 3.09. The summed E-state index contributed by atoms with van der Waals surface area (Å²) in [6, 6.07) is 3.68. The third-order valence-corrected chi connectivity index (χ3v) is 7.01. The Bertz CT molecular complexity index is 1260. The lowest BCUT2D eigenvalue weighted by molar-refractivity contribution is -0.121. The number of nitrogens with zero attached hydrogens (tertiary/aromatic N) is 5. The van der Waals surface area contributed by atoms with E-state index in [1.807, 2.05) is 17.9 Å². The molecule has 2 aromatic heterocycles. The second kappa shape index (κ2) is 9.98. The number of thiocarbonyl (C=S) groups is 1. The molecule has 4 rings (SSSR count). The number of amides is 2. The molecule has 11 heteroatoms. The van der Waals surface area contributed by atoms with Crippen molar-refractivity contribution in [2.45, 2.75) is 13.8 Å². The van der Waals surface area contributed by atoms with Crippen LogP contribution in [0.25, 0.3) is 11.7 Å². The highest BCUT2D eigenvalue weighted by Crippen LogP contribution is 2.33. The van der Waals surface area contributed by atoms with Gasteiger partial charge in [0.2, 0.25) is 0 Å². The molecule has 2 aromatic rings. The number of piperazine rings is 1. The number of ether oxygens (including phenoxy) is 1. The summed E-state index contributed by atoms with van der Waals surface area (Å²) >= 11 is 6.50. The fourth-order valence-corrected chi connectivity index (χ4v) is 5.16. The summed E-state index contributed by atoms with van der Waals surface area (Å²) in [6.07, 6.45) is 4.51. The SMILES string of the molecule is C=CCN1C(=O)/C(=C\c2c(N3CCN(C(=O)OCC)CC3)nc3c(C)cccn3c2=O)SC1=S. The molecule has 0 aromatic carbocycles. The molecule has 0 atom stereocenters. The average molecular weight is 500 g/mol. The molecule has 2 saturated heterocycles. The third-order valence-electron chi connectivity index (χ3n) is 5.63. The summed E-state index contributed by atoms with van der Waals surface area (Å²) in [4.78, 5) is 48.8. The number of carbonyl (C=O) groups is 2. The minimum atomic E-state index is -0.351. The summed E-state index contributed by atoms with van der Waals surface area (Å²) in [6.45, 7) is 9.79. The first-order valence-corrected chi connectivity index (χ1v) is 12.1. The molecule has 9 nitrogen and oxygen atoms in total. The molecular formula is C23H25N5O4S2. The highest BCUT2D eigenvalue weighted by Gasteiger charge is 2.32. The smallest absolute Gasteiger partial charge is 0.409 e. The van der Waals surface area contributed by atoms with Crippen molar-refractivity contribution in [1.82, 2.24) is 19.2 Å². The van der Waals surface area contributed by atoms with Gasteiger partial charge in [-0.15, -0.1) is 6.58 Å². The summed E-state index contributed by atoms with van der Waals surface area (Å²) in [7, 11) is 0. The first kappa shape index (κ1) is 24.0. The molecule has 2 amide bonds. The van der Waals surface area contributed by atoms with Gasteiger partial charge in [-0.25, -0.2) is 9.78 Å². The lowest BCUT2D eigenvalue weighted by Crippen LogP contribution is -2.49. The maximum absolute atomic E-state index is 13.6. The summed E-state index contributed by atoms with van der Waals surface area (Å²) < 4.78 is 7.02. The van der Waals surface area contributed by atoms with Crippen molar-refractivity contribution in [3.8, 4) is 0 Å². The van der Waals surface area contributed by atoms with Crippen molar-refractivity contribution < 1.29 is 14.3 Å². The minimum absolute atomic E-state index is 0.262. The van der Waals surface area contributed by atoms with E-state index in [0.717, 1.165) is 17.3 Å². The van der Waals surface area contributed by atoms with Crippen LogP contribution in [0.4, 0.5) is 10.6 Å². The van der Waals surface area contributed by atoms with E-state index in [9.17, 15) is 14.4 Å². The van der Waals surface area contributed by atoms with E-state index in [1.165, 1.54) is 9.30 Å². The van der Waals surface area contributed by atoms with Crippen LogP contribution in [0.3, 0.4) is 0 Å². The monoisotopic (exact) mass is 499 g/mol. The second-order valence-electron chi connectivity index (χ2n) is 7.79. The standard InChI is InChI=1S/C23H25N5O4S2/c1-4-8-28-21(30)17(34-23(28)33)14-16-19(24-18-15(3)7-6-9-27(18)20(16)29)25-10-12-26(13-11-25)22(31)32-5-2/h4,6-7,9,14H,1,5,8,10-13H2,2-3H3/b17-14+. The van der Waals surface area contributed by atoms with Crippen LogP contribution in [0.2, 0.25) is 0 Å². The molecule has 0 aliphatic carbocycles. The van der Waals surface area contributed by atoms with Crippen molar-refractivity contribution in [3.63, 3.8) is 0 Å². The Labute approximate surface area is 206 Å². The second-order valence-corrected chi connectivity index (χ2v) is 9.47. The molecule has 0 spiro atoms. The molecule has 0 saturated carbocycles. The van der Waals surface area contributed by atoms with Crippen LogP contribution in [0.15, 0.2) is 40.7 Å². The number of anilines is 1. The van der Waals surface area contributed by atoms with Gasteiger partial charge in [-0.1, -0.05) is 36.1 Å². The maximum Gasteiger partial charge on any atom is 0.409 e. The van der Waals surface area contributed by atoms with Gasteiger partial charge in [-0.05, 0) is 31.6 Å². The van der Waals surface area contributed by atoms with Crippen LogP contribution in [0.1, 0.15) is 18.1 Å². The van der Waals surface area contributed by atoms with Gasteiger partial charge in [0.05, 0.1) is 17.1 Å². The van der Waals surface area contributed by atoms with E-state index in [2.05, 4.69) is 6.58 Å². The predicted molar refractivity (Wildman–Crippen MR) is 137 cm³/mol. The normalized spacial score (nSPS) is 17.7. The van der Waals surface area contributed by atoms with E-state index >= 15 is 0 Å². The van der Waals surface area contributed by atoms with Crippen LogP contribution in [0, 0.1) is 6.92 Å². The quantitative estimate of drug-likeness (QED) is 0.353. The fraction of sp³-hybridized carbons (Fsp3) is 0.348. The number of fused-ring (bicyclic) bond motifs is 1. The molecule has 0 radical (unpaired) electrons. The van der Waals surface area contributed by atoms with Gasteiger partial charge in [-0.3, -0.25) is 18.9 Å². The maximum atomic E-state index is 13.6. The van der Waals surface area contributed by atoms with Gasteiger partial charge < -0.3 is 14.5 Å². The number of hydrogen-bond acceptors (Lipinski definition) is 8. The Morgan fingerprint density at radius 1 is 1.29 bits per heavy atom. The Morgan fingerprint density at radius 3 is 2.71 bits per heavy atom. The number of aromatic nitrogens is 2. The van der Waals surface area contributed by atoms with Crippen molar-refractivity contribution in [1.29, 1.82) is 0 Å². The minimum Gasteiger partial charge on any atom is -0.450 e. The topological polar surface area (TPSA) is 87.5 Å². The highest BCUT2D eigenvalue weighted by molar-refractivity contribution is 8.26. The van der Waals surface area contributed by atoms with Crippen LogP contribution < -0.4 is 10.5 Å². The van der Waals surface area contributed by atoms with E-state index in [0.29, 0.717) is 65.6 Å². The number of pyridine rings is 1. The molecule has 4 heterocycles. The number of aryl methyl sites for hydroxylation is 1. The largest absolute Gasteiger partial charge is 0.450 e. The molecular weight excluding hydrogens is 474 g/mol. The zero-order valence-corrected chi connectivity index (χ0v) is 20.7. The molecule has 2 aliphatic heterocycles. The Balaban J connectivity index is 1.77. The van der Waals surface area contributed by atoms with Gasteiger partial charge in [0.1, 0.15) is 15.8 Å². The van der Waals surface area contributed by atoms with Gasteiger partial charge in [-0.2, -0.15) is 0 Å². The summed E-state index contributed by atoms with van der Waals surface area (Å²) in [5.74, 6) is 0.221. The molecule has 34 heavy (non-hydrogen) atoms. The number of thioether (sulfide) groups is 1. The molecule has 2 aliphatic rings. The van der Waals surface area contributed by atoms with Gasteiger partial charge in [0.15, 0.2) is 0 Å². The van der Waals surface area contributed by atoms with Crippen molar-refractivity contribution in [3.05, 3.63) is 57.4 Å². The van der Waals surface area contributed by atoms with Crippen LogP contribution in [0.5, 0.6) is 0 Å². The molecule has 2 fully saturated rings. The van der Waals surface area contributed by atoms with E-state index < -0.39 is 0 Å². The number of carbonyl (C=O) groups excluding carboxylic acids is 2. The predicted octanol–water partition coefficient (Wildman–Crippen LogP) is 2.67. The van der Waals surface area contributed by atoms with Crippen molar-refractivity contribution in [2.24, 2.45) is 0 Å². The number of rotatable bonds is 5. The molecule has 0 unspecified atom stereocenters. The lowest BCUT2D eigenvalue weighted by atomic mass is 10.2. The summed E-state index contributed by atoms with van der Waals surface area (Å²) in [5, 5.41) is 0. The Hall–Kier alpha value is -3.18. The van der Waals surface area contributed by atoms with Crippen LogP contribution in [-0.2, 0) is 9.53 Å². The first-order valence-electron chi connectivity index (χ1n) is 10.9. The van der Waals surface area contributed by atoms with Gasteiger partial charge in [0, 0.05) is 38.9 Å². The van der Waals surface area contributed by atoms with E-state index in [4.69, 9.17) is 21.9 Å². The molecule has 0 bridgehead atoms. The molecule has 178 valence electrons. The van der Waals surface area contributed by atoms with Crippen molar-refractivity contribution >= 4 is 57.8 Å². The first-order chi connectivity index (χ1) is 16.3. The van der Waals surface area contributed by atoms with E-state index in [1.54, 1.807) is 36.2 Å². The zero-order chi connectivity index (χ0) is 24.4. The fourth-order valence-electron chi connectivity index (χ4n) is 3.90. The van der Waals surface area contributed by atoms with Crippen molar-refractivity contribution in [2.75, 3.05) is 44.2 Å². The lowest BCUT2D eigenvalue weighted by Gasteiger charge is -2.35. The highest BCUT2D eigenvalue weighted by atomic mass is 32.2. The Kier molecular flexibility index (Phi) is 7.03. The van der Waals surface area contributed by atoms with Gasteiger partial charge in [0.25, 0.3) is 11.5 Å². The van der Waals surface area contributed by atoms with Crippen LogP contribution >= 0.6 is 24.0 Å². The summed E-state index contributed by atoms with van der Waals surface area (Å²) in [5.41, 5.74) is 1.44. The Morgan fingerprint density at radius 2 is 2.03 bits per heavy atom. The van der Waals surface area contributed by atoms with E-state index in [-0.39, 0.29) is 17.6 Å². The number of hydrogen-bond donors (Lipinski definition) is 0. The van der Waals surface area contributed by atoms with Gasteiger partial charge >= 0.3 is 6.09 Å². The molecule has 0 N–H and O–H groups in total.